The van der Waals surface area contributed by atoms with Gasteiger partial charge in [0.2, 0.25) is 5.91 Å². The van der Waals surface area contributed by atoms with Crippen LogP contribution >= 0.6 is 11.8 Å². The van der Waals surface area contributed by atoms with Crippen LogP contribution in [0, 0.1) is 5.92 Å². The number of amides is 1. The largest absolute Gasteiger partial charge is 0.340 e. The Bertz CT molecular complexity index is 261. The summed E-state index contributed by atoms with van der Waals surface area (Å²) in [6.45, 7) is 10.3. The van der Waals surface area contributed by atoms with Gasteiger partial charge in [-0.1, -0.05) is 27.2 Å². The van der Waals surface area contributed by atoms with Crippen LogP contribution in [0.5, 0.6) is 0 Å². The van der Waals surface area contributed by atoms with Gasteiger partial charge in [-0.3, -0.25) is 4.79 Å². The molecule has 0 aromatic heterocycles. The Morgan fingerprint density at radius 3 is 2.33 bits per heavy atom. The molecule has 0 bridgehead atoms. The molecule has 1 aliphatic rings. The summed E-state index contributed by atoms with van der Waals surface area (Å²) in [6, 6.07) is 0.249. The van der Waals surface area contributed by atoms with Crippen molar-refractivity contribution in [3.63, 3.8) is 0 Å². The minimum atomic E-state index is 0.145. The monoisotopic (exact) mass is 272 g/mol. The van der Waals surface area contributed by atoms with E-state index in [-0.39, 0.29) is 12.0 Å². The first-order valence-corrected chi connectivity index (χ1v) is 8.04. The maximum atomic E-state index is 12.4. The average molecular weight is 272 g/mol. The second-order valence-electron chi connectivity index (χ2n) is 5.81. The summed E-state index contributed by atoms with van der Waals surface area (Å²) in [6.07, 6.45) is 3.03. The molecule has 1 amide bonds. The predicted molar refractivity (Wildman–Crippen MR) is 79.8 cm³/mol. The average Bonchev–Trinajstić information content (AvgIpc) is 2.26. The molecule has 106 valence electrons. The zero-order valence-corrected chi connectivity index (χ0v) is 13.0. The van der Waals surface area contributed by atoms with Gasteiger partial charge >= 0.3 is 0 Å². The smallest absolute Gasteiger partial charge is 0.225 e. The molecule has 0 spiro atoms. The lowest BCUT2D eigenvalue weighted by Crippen LogP contribution is -2.46. The normalized spacial score (nSPS) is 27.9. The summed E-state index contributed by atoms with van der Waals surface area (Å²) in [4.78, 5) is 14.4. The van der Waals surface area contributed by atoms with E-state index in [1.165, 1.54) is 0 Å². The van der Waals surface area contributed by atoms with Crippen molar-refractivity contribution in [1.29, 1.82) is 0 Å². The first-order valence-electron chi connectivity index (χ1n) is 7.10. The van der Waals surface area contributed by atoms with Crippen molar-refractivity contribution in [1.82, 2.24) is 4.90 Å². The highest BCUT2D eigenvalue weighted by Crippen LogP contribution is 2.26. The lowest BCUT2D eigenvalue weighted by Gasteiger charge is -2.36. The molecule has 1 rings (SSSR count). The van der Waals surface area contributed by atoms with E-state index in [1.807, 2.05) is 18.7 Å². The maximum Gasteiger partial charge on any atom is 0.225 e. The molecule has 4 heteroatoms. The highest BCUT2D eigenvalue weighted by Gasteiger charge is 2.28. The lowest BCUT2D eigenvalue weighted by molar-refractivity contribution is -0.135. The van der Waals surface area contributed by atoms with Gasteiger partial charge in [-0.15, -0.1) is 0 Å². The summed E-state index contributed by atoms with van der Waals surface area (Å²) in [5.74, 6) is 0.477. The highest BCUT2D eigenvalue weighted by molar-refractivity contribution is 8.00. The Hall–Kier alpha value is -0.220. The minimum Gasteiger partial charge on any atom is -0.340 e. The summed E-state index contributed by atoms with van der Waals surface area (Å²) in [5, 5.41) is 1.13. The van der Waals surface area contributed by atoms with E-state index in [4.69, 9.17) is 5.73 Å². The van der Waals surface area contributed by atoms with Crippen LogP contribution in [0.25, 0.3) is 0 Å². The lowest BCUT2D eigenvalue weighted by atomic mass is 10.0. The van der Waals surface area contributed by atoms with E-state index < -0.39 is 0 Å². The first kappa shape index (κ1) is 15.8. The summed E-state index contributed by atoms with van der Waals surface area (Å²) in [5.41, 5.74) is 5.74. The molecule has 2 N–H and O–H groups in total. The van der Waals surface area contributed by atoms with Crippen molar-refractivity contribution in [2.24, 2.45) is 11.7 Å². The van der Waals surface area contributed by atoms with Crippen molar-refractivity contribution in [2.75, 3.05) is 13.1 Å². The molecule has 0 radical (unpaired) electrons. The number of hydrogen-bond donors (Lipinski definition) is 1. The molecular formula is C14H28N2OS. The second-order valence-corrected chi connectivity index (χ2v) is 7.69. The molecule has 1 aliphatic heterocycles. The van der Waals surface area contributed by atoms with Gasteiger partial charge < -0.3 is 10.6 Å². The van der Waals surface area contributed by atoms with E-state index in [0.29, 0.717) is 16.4 Å². The molecule has 4 atom stereocenters. The first-order chi connectivity index (χ1) is 8.40. The van der Waals surface area contributed by atoms with Crippen LogP contribution in [-0.4, -0.2) is 40.4 Å². The van der Waals surface area contributed by atoms with Gasteiger partial charge in [0.25, 0.3) is 0 Å². The summed E-state index contributed by atoms with van der Waals surface area (Å²) in [7, 11) is 0. The van der Waals surface area contributed by atoms with Gasteiger partial charge in [0.05, 0.1) is 0 Å². The van der Waals surface area contributed by atoms with E-state index in [0.717, 1.165) is 32.4 Å². The Kier molecular flexibility index (Phi) is 6.50. The molecule has 0 aromatic rings. The van der Waals surface area contributed by atoms with Gasteiger partial charge in [0.15, 0.2) is 0 Å². The van der Waals surface area contributed by atoms with Crippen LogP contribution in [0.15, 0.2) is 0 Å². The number of carbonyl (C=O) groups is 1. The van der Waals surface area contributed by atoms with Gasteiger partial charge in [-0.2, -0.15) is 11.8 Å². The van der Waals surface area contributed by atoms with Crippen LogP contribution < -0.4 is 5.73 Å². The van der Waals surface area contributed by atoms with Gasteiger partial charge in [0.1, 0.15) is 0 Å². The summed E-state index contributed by atoms with van der Waals surface area (Å²) < 4.78 is 0. The standard InChI is InChI=1S/C14H28N2OS/c1-10(6-5-7-11(2)15)14(17)16-8-12(3)18-13(4)9-16/h10-13H,5-9,15H2,1-4H3. The van der Waals surface area contributed by atoms with Gasteiger partial charge in [-0.05, 0) is 19.8 Å². The molecule has 4 unspecified atom stereocenters. The zero-order chi connectivity index (χ0) is 13.7. The molecule has 3 nitrogen and oxygen atoms in total. The van der Waals surface area contributed by atoms with Gasteiger partial charge in [0, 0.05) is 35.5 Å². The van der Waals surface area contributed by atoms with E-state index in [9.17, 15) is 4.79 Å². The zero-order valence-electron chi connectivity index (χ0n) is 12.2. The van der Waals surface area contributed by atoms with Crippen molar-refractivity contribution < 1.29 is 4.79 Å². The van der Waals surface area contributed by atoms with Gasteiger partial charge in [-0.25, -0.2) is 0 Å². The predicted octanol–water partition coefficient (Wildman–Crippen LogP) is 2.49. The molecule has 0 aromatic carbocycles. The maximum absolute atomic E-state index is 12.4. The Balaban J connectivity index is 2.38. The van der Waals surface area contributed by atoms with Crippen molar-refractivity contribution >= 4 is 17.7 Å². The number of thioether (sulfide) groups is 1. The molecule has 1 fully saturated rings. The SMILES string of the molecule is CC(N)CCCC(C)C(=O)N1CC(C)SC(C)C1. The third-order valence-electron chi connectivity index (χ3n) is 3.45. The Morgan fingerprint density at radius 1 is 1.28 bits per heavy atom. The third-order valence-corrected chi connectivity index (χ3v) is 4.68. The van der Waals surface area contributed by atoms with Crippen LogP contribution in [0.1, 0.15) is 47.0 Å². The number of carbonyl (C=O) groups excluding carboxylic acids is 1. The molecule has 1 heterocycles. The number of hydrogen-bond acceptors (Lipinski definition) is 3. The quantitative estimate of drug-likeness (QED) is 0.836. The number of rotatable bonds is 5. The topological polar surface area (TPSA) is 46.3 Å². The molecule has 0 saturated carbocycles. The Labute approximate surface area is 116 Å². The van der Waals surface area contributed by atoms with Crippen LogP contribution in [0.3, 0.4) is 0 Å². The number of nitrogens with two attached hydrogens (primary N) is 1. The van der Waals surface area contributed by atoms with Crippen molar-refractivity contribution in [3.8, 4) is 0 Å². The van der Waals surface area contributed by atoms with E-state index in [1.54, 1.807) is 0 Å². The molecule has 1 saturated heterocycles. The van der Waals surface area contributed by atoms with Crippen LogP contribution in [0.2, 0.25) is 0 Å². The van der Waals surface area contributed by atoms with Crippen LogP contribution in [0.4, 0.5) is 0 Å². The van der Waals surface area contributed by atoms with Crippen LogP contribution in [-0.2, 0) is 4.79 Å². The minimum absolute atomic E-state index is 0.145. The third kappa shape index (κ3) is 5.19. The summed E-state index contributed by atoms with van der Waals surface area (Å²) >= 11 is 1.99. The highest BCUT2D eigenvalue weighted by atomic mass is 32.2. The van der Waals surface area contributed by atoms with Crippen molar-refractivity contribution in [2.45, 2.75) is 63.5 Å². The molecule has 0 aliphatic carbocycles. The molecular weight excluding hydrogens is 244 g/mol. The second kappa shape index (κ2) is 7.39. The Morgan fingerprint density at radius 2 is 1.83 bits per heavy atom. The van der Waals surface area contributed by atoms with E-state index in [2.05, 4.69) is 25.7 Å². The number of nitrogens with zero attached hydrogens (tertiary/aromatic N) is 1. The molecule has 18 heavy (non-hydrogen) atoms. The fourth-order valence-electron chi connectivity index (χ4n) is 2.54. The van der Waals surface area contributed by atoms with Crippen molar-refractivity contribution in [3.05, 3.63) is 0 Å². The van der Waals surface area contributed by atoms with E-state index >= 15 is 0 Å². The fourth-order valence-corrected chi connectivity index (χ4v) is 3.86. The fraction of sp³-hybridized carbons (Fsp3) is 0.929.